The minimum Gasteiger partial charge on any atom is -0.435 e. The summed E-state index contributed by atoms with van der Waals surface area (Å²) in [5.74, 6) is -0.287. The Balaban J connectivity index is 2.39. The Morgan fingerprint density at radius 3 is 2.62 bits per heavy atom. The van der Waals surface area contributed by atoms with Gasteiger partial charge < -0.3 is 15.2 Å². The maximum absolute atomic E-state index is 13.2. The van der Waals surface area contributed by atoms with Crippen LogP contribution in [0.4, 0.5) is 9.18 Å². The number of halogens is 1. The van der Waals surface area contributed by atoms with Crippen LogP contribution in [0.15, 0.2) is 42.1 Å². The van der Waals surface area contributed by atoms with E-state index in [-0.39, 0.29) is 23.9 Å². The third kappa shape index (κ3) is 4.16. The molecule has 0 radical (unpaired) electrons. The third-order valence-electron chi connectivity index (χ3n) is 4.20. The number of ether oxygens (including phenoxy) is 2. The minimum absolute atomic E-state index is 0.241. The van der Waals surface area contributed by atoms with Crippen LogP contribution in [-0.2, 0) is 9.47 Å². The van der Waals surface area contributed by atoms with Crippen molar-refractivity contribution in [1.82, 2.24) is 0 Å². The molecule has 0 aliphatic heterocycles. The Kier molecular flexibility index (Phi) is 5.65. The number of nitrogens with two attached hydrogens (primary N) is 1. The van der Waals surface area contributed by atoms with Gasteiger partial charge in [-0.15, -0.1) is 0 Å². The van der Waals surface area contributed by atoms with Crippen molar-refractivity contribution < 1.29 is 18.7 Å². The van der Waals surface area contributed by atoms with Crippen LogP contribution >= 0.6 is 0 Å². The largest absolute Gasteiger partial charge is 0.508 e. The van der Waals surface area contributed by atoms with Gasteiger partial charge >= 0.3 is 6.16 Å². The lowest BCUT2D eigenvalue weighted by Crippen LogP contribution is -2.32. The first-order valence-electron chi connectivity index (χ1n) is 8.08. The summed E-state index contributed by atoms with van der Waals surface area (Å²) in [5, 5.41) is 0. The molecule has 1 aromatic carbocycles. The topological polar surface area (TPSA) is 61.5 Å². The van der Waals surface area contributed by atoms with Crippen molar-refractivity contribution in [1.29, 1.82) is 0 Å². The number of allylic oxidation sites excluding steroid dienone is 2. The molecule has 0 amide bonds. The predicted octanol–water partition coefficient (Wildman–Crippen LogP) is 4.41. The van der Waals surface area contributed by atoms with E-state index in [0.29, 0.717) is 12.8 Å². The standard InChI is InChI=1S/C19H24FNO3/c1-4-23-18(22)24-15-11-16(13-5-7-14(20)8-6-13)17(9-10-21)19(2,3)12-15/h5-10,15H,4,11-12,21H2,1-3H3/b10-9+. The SMILES string of the molecule is CCOC(=O)OC1CC(c2ccc(F)cc2)=C(/C=C/N)C(C)(C)C1. The van der Waals surface area contributed by atoms with Gasteiger partial charge in [-0.1, -0.05) is 26.0 Å². The number of carbonyl (C=O) groups is 1. The normalized spacial score (nSPS) is 20.2. The second-order valence-electron chi connectivity index (χ2n) is 6.47. The molecule has 0 aromatic heterocycles. The maximum Gasteiger partial charge on any atom is 0.508 e. The van der Waals surface area contributed by atoms with Gasteiger partial charge in [0.05, 0.1) is 6.61 Å². The Hall–Kier alpha value is -2.30. The molecule has 1 aromatic rings. The van der Waals surface area contributed by atoms with Gasteiger partial charge in [-0.05, 0) is 59.9 Å². The van der Waals surface area contributed by atoms with Crippen molar-refractivity contribution in [3.8, 4) is 0 Å². The van der Waals surface area contributed by atoms with E-state index in [1.54, 1.807) is 19.1 Å². The van der Waals surface area contributed by atoms with Gasteiger partial charge in [0.1, 0.15) is 11.9 Å². The van der Waals surface area contributed by atoms with E-state index in [4.69, 9.17) is 15.2 Å². The molecule has 0 heterocycles. The van der Waals surface area contributed by atoms with Crippen LogP contribution in [0.1, 0.15) is 39.2 Å². The van der Waals surface area contributed by atoms with E-state index in [1.807, 2.05) is 6.08 Å². The molecule has 1 unspecified atom stereocenters. The first-order valence-corrected chi connectivity index (χ1v) is 8.08. The molecule has 0 fully saturated rings. The molecule has 1 aliphatic carbocycles. The van der Waals surface area contributed by atoms with Crippen molar-refractivity contribution in [3.05, 3.63) is 53.5 Å². The van der Waals surface area contributed by atoms with E-state index in [2.05, 4.69) is 13.8 Å². The maximum atomic E-state index is 13.2. The molecule has 4 nitrogen and oxygen atoms in total. The van der Waals surface area contributed by atoms with Crippen LogP contribution in [0.2, 0.25) is 0 Å². The summed E-state index contributed by atoms with van der Waals surface area (Å²) in [6, 6.07) is 6.32. The van der Waals surface area contributed by atoms with Gasteiger partial charge in [0, 0.05) is 6.42 Å². The summed E-state index contributed by atoms with van der Waals surface area (Å²) in [7, 11) is 0. The van der Waals surface area contributed by atoms with Crippen LogP contribution in [0.5, 0.6) is 0 Å². The molecule has 24 heavy (non-hydrogen) atoms. The van der Waals surface area contributed by atoms with E-state index in [1.165, 1.54) is 18.3 Å². The monoisotopic (exact) mass is 333 g/mol. The van der Waals surface area contributed by atoms with Crippen molar-refractivity contribution in [2.24, 2.45) is 11.1 Å². The Morgan fingerprint density at radius 1 is 1.38 bits per heavy atom. The van der Waals surface area contributed by atoms with Gasteiger partial charge in [0.15, 0.2) is 0 Å². The van der Waals surface area contributed by atoms with E-state index in [9.17, 15) is 9.18 Å². The van der Waals surface area contributed by atoms with Crippen LogP contribution in [0.3, 0.4) is 0 Å². The van der Waals surface area contributed by atoms with Crippen LogP contribution in [0.25, 0.3) is 5.57 Å². The molecule has 0 saturated heterocycles. The zero-order valence-corrected chi connectivity index (χ0v) is 14.3. The van der Waals surface area contributed by atoms with Gasteiger partial charge in [-0.25, -0.2) is 9.18 Å². The van der Waals surface area contributed by atoms with Gasteiger partial charge in [0.2, 0.25) is 0 Å². The smallest absolute Gasteiger partial charge is 0.435 e. The Bertz CT molecular complexity index is 647. The number of benzene rings is 1. The molecule has 130 valence electrons. The molecule has 1 atom stereocenters. The van der Waals surface area contributed by atoms with Crippen LogP contribution in [0, 0.1) is 11.2 Å². The molecule has 2 N–H and O–H groups in total. The average Bonchev–Trinajstić information content (AvgIpc) is 2.50. The summed E-state index contributed by atoms with van der Waals surface area (Å²) in [4.78, 5) is 11.7. The predicted molar refractivity (Wildman–Crippen MR) is 91.6 cm³/mol. The molecule has 0 saturated carbocycles. The van der Waals surface area contributed by atoms with Gasteiger partial charge in [-0.3, -0.25) is 0 Å². The lowest BCUT2D eigenvalue weighted by Gasteiger charge is -2.38. The summed E-state index contributed by atoms with van der Waals surface area (Å²) in [6.45, 7) is 6.16. The molecule has 0 spiro atoms. The van der Waals surface area contributed by atoms with Crippen LogP contribution < -0.4 is 5.73 Å². The van der Waals surface area contributed by atoms with Crippen molar-refractivity contribution >= 4 is 11.7 Å². The van der Waals surface area contributed by atoms with Gasteiger partial charge in [0.25, 0.3) is 0 Å². The fourth-order valence-corrected chi connectivity index (χ4v) is 3.22. The van der Waals surface area contributed by atoms with E-state index >= 15 is 0 Å². The lowest BCUT2D eigenvalue weighted by molar-refractivity contribution is 0.0138. The minimum atomic E-state index is -0.658. The second kappa shape index (κ2) is 7.51. The quantitative estimate of drug-likeness (QED) is 0.829. The highest BCUT2D eigenvalue weighted by molar-refractivity contribution is 5.74. The highest BCUT2D eigenvalue weighted by Crippen LogP contribution is 2.45. The van der Waals surface area contributed by atoms with Crippen molar-refractivity contribution in [3.63, 3.8) is 0 Å². The lowest BCUT2D eigenvalue weighted by atomic mass is 9.70. The molecule has 0 bridgehead atoms. The fraction of sp³-hybridized carbons (Fsp3) is 0.421. The fourth-order valence-electron chi connectivity index (χ4n) is 3.22. The summed E-state index contributed by atoms with van der Waals surface area (Å²) in [6.07, 6.45) is 3.62. The molecule has 2 rings (SSSR count). The Labute approximate surface area is 142 Å². The Morgan fingerprint density at radius 2 is 2.04 bits per heavy atom. The van der Waals surface area contributed by atoms with Crippen molar-refractivity contribution in [2.75, 3.05) is 6.61 Å². The summed E-state index contributed by atoms with van der Waals surface area (Å²) < 4.78 is 23.6. The molecule has 1 aliphatic rings. The van der Waals surface area contributed by atoms with Crippen LogP contribution in [-0.4, -0.2) is 18.9 Å². The second-order valence-corrected chi connectivity index (χ2v) is 6.47. The first-order chi connectivity index (χ1) is 11.4. The molecular weight excluding hydrogens is 309 g/mol. The first kappa shape index (κ1) is 18.0. The number of hydrogen-bond donors (Lipinski definition) is 1. The van der Waals surface area contributed by atoms with E-state index < -0.39 is 6.16 Å². The number of rotatable bonds is 4. The molecule has 5 heteroatoms. The third-order valence-corrected chi connectivity index (χ3v) is 4.20. The summed E-state index contributed by atoms with van der Waals surface area (Å²) in [5.41, 5.74) is 8.35. The number of carbonyl (C=O) groups excluding carboxylic acids is 1. The van der Waals surface area contributed by atoms with E-state index in [0.717, 1.165) is 16.7 Å². The zero-order chi connectivity index (χ0) is 17.7. The zero-order valence-electron chi connectivity index (χ0n) is 14.3. The average molecular weight is 333 g/mol. The highest BCUT2D eigenvalue weighted by atomic mass is 19.1. The van der Waals surface area contributed by atoms with Gasteiger partial charge in [-0.2, -0.15) is 0 Å². The van der Waals surface area contributed by atoms with Crippen molar-refractivity contribution in [2.45, 2.75) is 39.7 Å². The summed E-state index contributed by atoms with van der Waals surface area (Å²) >= 11 is 0. The highest BCUT2D eigenvalue weighted by Gasteiger charge is 2.36. The number of hydrogen-bond acceptors (Lipinski definition) is 4. The molecular formula is C19H24FNO3.